The van der Waals surface area contributed by atoms with Gasteiger partial charge in [0.15, 0.2) is 0 Å². The van der Waals surface area contributed by atoms with Crippen molar-refractivity contribution < 1.29 is 0 Å². The second-order valence-corrected chi connectivity index (χ2v) is 6.06. The van der Waals surface area contributed by atoms with Gasteiger partial charge >= 0.3 is 0 Å². The van der Waals surface area contributed by atoms with E-state index in [1.807, 2.05) is 43.3 Å². The number of nitriles is 1. The van der Waals surface area contributed by atoms with E-state index in [-0.39, 0.29) is 0 Å². The van der Waals surface area contributed by atoms with Crippen molar-refractivity contribution in [3.8, 4) is 6.07 Å². The third-order valence-corrected chi connectivity index (χ3v) is 4.25. The molecule has 3 aromatic carbocycles. The summed E-state index contributed by atoms with van der Waals surface area (Å²) < 4.78 is 0. The van der Waals surface area contributed by atoms with Gasteiger partial charge in [0.25, 0.3) is 0 Å². The van der Waals surface area contributed by atoms with Gasteiger partial charge in [-0.1, -0.05) is 67.2 Å². The number of nitrogens with one attached hydrogen (secondary N) is 1. The van der Waals surface area contributed by atoms with Gasteiger partial charge in [0.2, 0.25) is 0 Å². The molecule has 122 valence electrons. The van der Waals surface area contributed by atoms with Crippen molar-refractivity contribution in [2.45, 2.75) is 13.3 Å². The molecule has 2 heteroatoms. The van der Waals surface area contributed by atoms with E-state index in [1.165, 1.54) is 11.1 Å². The van der Waals surface area contributed by atoms with Gasteiger partial charge in [-0.25, -0.2) is 0 Å². The Morgan fingerprint density at radius 2 is 1.72 bits per heavy atom. The van der Waals surface area contributed by atoms with E-state index in [1.54, 1.807) is 0 Å². The first-order valence-electron chi connectivity index (χ1n) is 8.26. The van der Waals surface area contributed by atoms with Gasteiger partial charge in [-0.05, 0) is 47.7 Å². The SMILES string of the molecule is C=C(Nc1ccccc1Cc1ccccc1)c1ccc(C)c(C#N)c1. The maximum absolute atomic E-state index is 9.22. The molecule has 0 fully saturated rings. The van der Waals surface area contributed by atoms with Gasteiger partial charge in [-0.2, -0.15) is 5.26 Å². The number of hydrogen-bond donors (Lipinski definition) is 1. The fourth-order valence-electron chi connectivity index (χ4n) is 2.78. The number of anilines is 1. The molecule has 0 heterocycles. The summed E-state index contributed by atoms with van der Waals surface area (Å²) in [4.78, 5) is 0. The Hall–Kier alpha value is -3.31. The summed E-state index contributed by atoms with van der Waals surface area (Å²) in [5.41, 5.74) is 6.89. The molecule has 3 aromatic rings. The summed E-state index contributed by atoms with van der Waals surface area (Å²) >= 11 is 0. The van der Waals surface area contributed by atoms with Crippen LogP contribution in [0.15, 0.2) is 79.4 Å². The summed E-state index contributed by atoms with van der Waals surface area (Å²) in [5, 5.41) is 12.6. The van der Waals surface area contributed by atoms with E-state index in [0.29, 0.717) is 5.56 Å². The van der Waals surface area contributed by atoms with Crippen LogP contribution in [0.3, 0.4) is 0 Å². The first-order chi connectivity index (χ1) is 12.2. The zero-order valence-electron chi connectivity index (χ0n) is 14.3. The van der Waals surface area contributed by atoms with E-state index in [4.69, 9.17) is 0 Å². The summed E-state index contributed by atoms with van der Waals surface area (Å²) in [6.07, 6.45) is 0.856. The van der Waals surface area contributed by atoms with E-state index >= 15 is 0 Å². The number of hydrogen-bond acceptors (Lipinski definition) is 2. The van der Waals surface area contributed by atoms with Crippen LogP contribution in [-0.2, 0) is 6.42 Å². The summed E-state index contributed by atoms with van der Waals surface area (Å²) in [7, 11) is 0. The lowest BCUT2D eigenvalue weighted by Gasteiger charge is -2.15. The molecule has 0 bridgehead atoms. The highest BCUT2D eigenvalue weighted by Gasteiger charge is 2.07. The standard InChI is InChI=1S/C23H20N2/c1-17-12-13-20(15-22(17)16-24)18(2)25-23-11-7-6-10-21(23)14-19-8-4-3-5-9-19/h3-13,15,25H,2,14H2,1H3. The first-order valence-corrected chi connectivity index (χ1v) is 8.26. The Morgan fingerprint density at radius 3 is 2.48 bits per heavy atom. The minimum atomic E-state index is 0.679. The van der Waals surface area contributed by atoms with E-state index in [0.717, 1.165) is 28.9 Å². The number of rotatable bonds is 5. The van der Waals surface area contributed by atoms with Crippen LogP contribution in [0.2, 0.25) is 0 Å². The maximum Gasteiger partial charge on any atom is 0.0994 e. The van der Waals surface area contributed by atoms with Crippen molar-refractivity contribution in [2.24, 2.45) is 0 Å². The predicted molar refractivity (Wildman–Crippen MR) is 104 cm³/mol. The van der Waals surface area contributed by atoms with Crippen LogP contribution in [0, 0.1) is 18.3 Å². The minimum Gasteiger partial charge on any atom is -0.355 e. The summed E-state index contributed by atoms with van der Waals surface area (Å²) in [6, 6.07) is 26.7. The lowest BCUT2D eigenvalue weighted by atomic mass is 10.0. The molecule has 0 aliphatic rings. The molecule has 0 saturated heterocycles. The van der Waals surface area contributed by atoms with Crippen molar-refractivity contribution >= 4 is 11.4 Å². The van der Waals surface area contributed by atoms with Crippen LogP contribution in [0.1, 0.15) is 27.8 Å². The number of benzene rings is 3. The van der Waals surface area contributed by atoms with Crippen molar-refractivity contribution in [1.29, 1.82) is 5.26 Å². The fourth-order valence-corrected chi connectivity index (χ4v) is 2.78. The van der Waals surface area contributed by atoms with Crippen LogP contribution in [0.5, 0.6) is 0 Å². The van der Waals surface area contributed by atoms with E-state index in [2.05, 4.69) is 54.4 Å². The highest BCUT2D eigenvalue weighted by atomic mass is 14.9. The molecule has 25 heavy (non-hydrogen) atoms. The highest BCUT2D eigenvalue weighted by molar-refractivity contribution is 5.77. The zero-order chi connectivity index (χ0) is 17.6. The predicted octanol–water partition coefficient (Wildman–Crippen LogP) is 5.54. The molecular weight excluding hydrogens is 304 g/mol. The molecule has 0 aromatic heterocycles. The molecule has 0 atom stereocenters. The molecule has 0 saturated carbocycles. The van der Waals surface area contributed by atoms with Gasteiger partial charge in [-0.15, -0.1) is 0 Å². The molecule has 0 spiro atoms. The van der Waals surface area contributed by atoms with Crippen molar-refractivity contribution in [3.63, 3.8) is 0 Å². The maximum atomic E-state index is 9.22. The lowest BCUT2D eigenvalue weighted by molar-refractivity contribution is 1.19. The Balaban J connectivity index is 1.84. The van der Waals surface area contributed by atoms with Gasteiger partial charge in [0.05, 0.1) is 11.6 Å². The zero-order valence-corrected chi connectivity index (χ0v) is 14.3. The largest absolute Gasteiger partial charge is 0.355 e. The molecular formula is C23H20N2. The average Bonchev–Trinajstić information content (AvgIpc) is 2.64. The smallest absolute Gasteiger partial charge is 0.0994 e. The molecule has 2 nitrogen and oxygen atoms in total. The van der Waals surface area contributed by atoms with E-state index < -0.39 is 0 Å². The van der Waals surface area contributed by atoms with Crippen LogP contribution in [0.25, 0.3) is 5.70 Å². The van der Waals surface area contributed by atoms with E-state index in [9.17, 15) is 5.26 Å². The minimum absolute atomic E-state index is 0.679. The molecule has 0 radical (unpaired) electrons. The Morgan fingerprint density at radius 1 is 1.00 bits per heavy atom. The van der Waals surface area contributed by atoms with Gasteiger partial charge < -0.3 is 5.32 Å². The highest BCUT2D eigenvalue weighted by Crippen LogP contribution is 2.24. The normalized spacial score (nSPS) is 10.1. The second kappa shape index (κ2) is 7.51. The first kappa shape index (κ1) is 16.5. The average molecular weight is 324 g/mol. The molecule has 0 aliphatic carbocycles. The van der Waals surface area contributed by atoms with Gasteiger partial charge in [0, 0.05) is 11.4 Å². The molecule has 0 unspecified atom stereocenters. The van der Waals surface area contributed by atoms with Crippen LogP contribution in [0.4, 0.5) is 5.69 Å². The van der Waals surface area contributed by atoms with Crippen LogP contribution in [-0.4, -0.2) is 0 Å². The number of nitrogens with zero attached hydrogens (tertiary/aromatic N) is 1. The Bertz CT molecular complexity index is 934. The third-order valence-electron chi connectivity index (χ3n) is 4.25. The Kier molecular flexibility index (Phi) is 4.97. The van der Waals surface area contributed by atoms with Crippen LogP contribution < -0.4 is 5.32 Å². The fraction of sp³-hybridized carbons (Fsp3) is 0.0870. The number of aryl methyl sites for hydroxylation is 1. The number of para-hydroxylation sites is 1. The topological polar surface area (TPSA) is 35.8 Å². The molecule has 0 amide bonds. The molecule has 3 rings (SSSR count). The monoisotopic (exact) mass is 324 g/mol. The summed E-state index contributed by atoms with van der Waals surface area (Å²) in [6.45, 7) is 6.09. The molecule has 1 N–H and O–H groups in total. The Labute approximate surface area is 149 Å². The van der Waals surface area contributed by atoms with Gasteiger partial charge in [-0.3, -0.25) is 0 Å². The van der Waals surface area contributed by atoms with Crippen LogP contribution >= 0.6 is 0 Å². The van der Waals surface area contributed by atoms with Crippen molar-refractivity contribution in [3.05, 3.63) is 107 Å². The quantitative estimate of drug-likeness (QED) is 0.669. The van der Waals surface area contributed by atoms with Gasteiger partial charge in [0.1, 0.15) is 0 Å². The summed E-state index contributed by atoms with van der Waals surface area (Å²) in [5.74, 6) is 0. The van der Waals surface area contributed by atoms with Crippen molar-refractivity contribution in [2.75, 3.05) is 5.32 Å². The molecule has 0 aliphatic heterocycles. The second-order valence-electron chi connectivity index (χ2n) is 6.06. The lowest BCUT2D eigenvalue weighted by Crippen LogP contribution is -2.02. The third kappa shape index (κ3) is 3.97. The van der Waals surface area contributed by atoms with Crippen molar-refractivity contribution in [1.82, 2.24) is 0 Å².